The summed E-state index contributed by atoms with van der Waals surface area (Å²) in [5.41, 5.74) is 9.78. The van der Waals surface area contributed by atoms with Gasteiger partial charge in [0, 0.05) is 11.6 Å². The van der Waals surface area contributed by atoms with Crippen LogP contribution >= 0.6 is 0 Å². The van der Waals surface area contributed by atoms with Crippen LogP contribution in [0.25, 0.3) is 0 Å². The number of rotatable bonds is 1. The number of hydrogen-bond acceptors (Lipinski definition) is 2. The number of benzene rings is 1. The largest absolute Gasteiger partial charge is 0.321 e. The first-order valence-electron chi connectivity index (χ1n) is 7.58. The van der Waals surface area contributed by atoms with Crippen LogP contribution in [-0.4, -0.2) is 24.0 Å². The summed E-state index contributed by atoms with van der Waals surface area (Å²) < 4.78 is 0. The van der Waals surface area contributed by atoms with Crippen molar-refractivity contribution in [2.24, 2.45) is 11.1 Å². The number of likely N-dealkylation sites (tertiary alicyclic amines) is 1. The lowest BCUT2D eigenvalue weighted by atomic mass is 9.65. The van der Waals surface area contributed by atoms with E-state index in [1.54, 1.807) is 0 Å². The molecule has 1 aromatic rings. The summed E-state index contributed by atoms with van der Waals surface area (Å²) in [6, 6.07) is 9.44. The van der Waals surface area contributed by atoms with Gasteiger partial charge in [-0.2, -0.15) is 0 Å². The second kappa shape index (κ2) is 4.32. The molecule has 1 saturated heterocycles. The molecule has 3 rings (SSSR count). The van der Waals surface area contributed by atoms with E-state index in [1.165, 1.54) is 43.5 Å². The molecule has 1 atom stereocenters. The molecule has 0 radical (unpaired) electrons. The van der Waals surface area contributed by atoms with Crippen LogP contribution < -0.4 is 5.73 Å². The molecule has 2 N–H and O–H groups in total. The number of nitrogens with two attached hydrogens (primary N) is 1. The van der Waals surface area contributed by atoms with E-state index < -0.39 is 0 Å². The summed E-state index contributed by atoms with van der Waals surface area (Å²) >= 11 is 0. The molecule has 1 spiro atoms. The normalized spacial score (nSPS) is 29.9. The zero-order chi connectivity index (χ0) is 13.7. The van der Waals surface area contributed by atoms with Gasteiger partial charge in [-0.05, 0) is 69.7 Å². The highest BCUT2D eigenvalue weighted by molar-refractivity contribution is 5.42. The maximum absolute atomic E-state index is 6.80. The Balaban J connectivity index is 1.88. The summed E-state index contributed by atoms with van der Waals surface area (Å²) in [5.74, 6) is 0. The molecule has 0 bridgehead atoms. The lowest BCUT2D eigenvalue weighted by Crippen LogP contribution is -2.54. The zero-order valence-electron chi connectivity index (χ0n) is 12.4. The van der Waals surface area contributed by atoms with E-state index in [2.05, 4.69) is 49.9 Å². The average molecular weight is 258 g/mol. The molecule has 1 unspecified atom stereocenters. The van der Waals surface area contributed by atoms with Crippen molar-refractivity contribution in [1.82, 2.24) is 4.90 Å². The minimum Gasteiger partial charge on any atom is -0.321 e. The minimum atomic E-state index is -0.160. The van der Waals surface area contributed by atoms with Gasteiger partial charge in [-0.25, -0.2) is 0 Å². The van der Waals surface area contributed by atoms with E-state index in [0.717, 1.165) is 0 Å². The SMILES string of the molecule is CC(C)N1CCC2(CC1)Cc1ccccc1C2(C)N. The highest BCUT2D eigenvalue weighted by Crippen LogP contribution is 2.54. The molecule has 0 aromatic heterocycles. The zero-order valence-corrected chi connectivity index (χ0v) is 12.4. The molecule has 1 aromatic carbocycles. The second-order valence-corrected chi connectivity index (χ2v) is 6.95. The van der Waals surface area contributed by atoms with E-state index in [4.69, 9.17) is 5.73 Å². The summed E-state index contributed by atoms with van der Waals surface area (Å²) in [7, 11) is 0. The van der Waals surface area contributed by atoms with Crippen LogP contribution in [0.15, 0.2) is 24.3 Å². The van der Waals surface area contributed by atoms with E-state index >= 15 is 0 Å². The van der Waals surface area contributed by atoms with Crippen LogP contribution in [0, 0.1) is 5.41 Å². The fourth-order valence-electron chi connectivity index (χ4n) is 4.18. The van der Waals surface area contributed by atoms with Crippen LogP contribution in [0.3, 0.4) is 0 Å². The molecule has 1 aliphatic carbocycles. The van der Waals surface area contributed by atoms with E-state index in [9.17, 15) is 0 Å². The van der Waals surface area contributed by atoms with Gasteiger partial charge < -0.3 is 10.6 Å². The van der Waals surface area contributed by atoms with Gasteiger partial charge in [0.25, 0.3) is 0 Å². The van der Waals surface area contributed by atoms with Gasteiger partial charge in [0.15, 0.2) is 0 Å². The van der Waals surface area contributed by atoms with Crippen molar-refractivity contribution in [3.63, 3.8) is 0 Å². The standard InChI is InChI=1S/C17H26N2/c1-13(2)19-10-8-17(9-11-19)12-14-6-4-5-7-15(14)16(17,3)18/h4-7,13H,8-12,18H2,1-3H3. The van der Waals surface area contributed by atoms with E-state index in [0.29, 0.717) is 6.04 Å². The maximum atomic E-state index is 6.80. The Morgan fingerprint density at radius 3 is 2.37 bits per heavy atom. The van der Waals surface area contributed by atoms with Gasteiger partial charge >= 0.3 is 0 Å². The molecule has 0 saturated carbocycles. The van der Waals surface area contributed by atoms with Crippen molar-refractivity contribution >= 4 is 0 Å². The molecule has 2 aliphatic rings. The van der Waals surface area contributed by atoms with Gasteiger partial charge in [0.2, 0.25) is 0 Å². The van der Waals surface area contributed by atoms with Crippen molar-refractivity contribution < 1.29 is 0 Å². The molecule has 1 aliphatic heterocycles. The Kier molecular flexibility index (Phi) is 2.99. The number of nitrogens with zero attached hydrogens (tertiary/aromatic N) is 1. The molecule has 1 fully saturated rings. The first kappa shape index (κ1) is 13.1. The third-order valence-electron chi connectivity index (χ3n) is 5.69. The van der Waals surface area contributed by atoms with Crippen molar-refractivity contribution in [3.05, 3.63) is 35.4 Å². The lowest BCUT2D eigenvalue weighted by molar-refractivity contribution is 0.0349. The lowest BCUT2D eigenvalue weighted by Gasteiger charge is -2.48. The molecule has 1 heterocycles. The van der Waals surface area contributed by atoms with Gasteiger partial charge in [-0.3, -0.25) is 0 Å². The first-order chi connectivity index (χ1) is 8.96. The van der Waals surface area contributed by atoms with Crippen LogP contribution in [0.1, 0.15) is 44.7 Å². The molecular formula is C17H26N2. The van der Waals surface area contributed by atoms with Crippen LogP contribution in [0.5, 0.6) is 0 Å². The predicted molar refractivity (Wildman–Crippen MR) is 80.1 cm³/mol. The molecule has 2 nitrogen and oxygen atoms in total. The fourth-order valence-corrected chi connectivity index (χ4v) is 4.18. The highest BCUT2D eigenvalue weighted by Gasteiger charge is 2.53. The Hall–Kier alpha value is -0.860. The van der Waals surface area contributed by atoms with Gasteiger partial charge in [0.05, 0.1) is 0 Å². The third-order valence-corrected chi connectivity index (χ3v) is 5.69. The first-order valence-corrected chi connectivity index (χ1v) is 7.58. The number of hydrogen-bond donors (Lipinski definition) is 1. The topological polar surface area (TPSA) is 29.3 Å². The quantitative estimate of drug-likeness (QED) is 0.839. The predicted octanol–water partition coefficient (Wildman–Crippen LogP) is 2.91. The fraction of sp³-hybridized carbons (Fsp3) is 0.647. The molecule has 2 heteroatoms. The summed E-state index contributed by atoms with van der Waals surface area (Å²) in [4.78, 5) is 2.59. The maximum Gasteiger partial charge on any atom is 0.0444 e. The van der Waals surface area contributed by atoms with Gasteiger partial charge in [-0.1, -0.05) is 24.3 Å². The van der Waals surface area contributed by atoms with E-state index in [-0.39, 0.29) is 11.0 Å². The Morgan fingerprint density at radius 1 is 1.16 bits per heavy atom. The van der Waals surface area contributed by atoms with Crippen molar-refractivity contribution in [2.45, 2.75) is 51.6 Å². The summed E-state index contributed by atoms with van der Waals surface area (Å²) in [6.45, 7) is 9.23. The molecular weight excluding hydrogens is 232 g/mol. The third kappa shape index (κ3) is 1.85. The summed E-state index contributed by atoms with van der Waals surface area (Å²) in [5, 5.41) is 0. The molecule has 0 amide bonds. The Bertz CT molecular complexity index is 468. The summed E-state index contributed by atoms with van der Waals surface area (Å²) in [6.07, 6.45) is 3.63. The number of piperidine rings is 1. The van der Waals surface area contributed by atoms with Crippen molar-refractivity contribution in [3.8, 4) is 0 Å². The van der Waals surface area contributed by atoms with Crippen molar-refractivity contribution in [2.75, 3.05) is 13.1 Å². The van der Waals surface area contributed by atoms with Gasteiger partial charge in [0.1, 0.15) is 0 Å². The second-order valence-electron chi connectivity index (χ2n) is 6.95. The smallest absolute Gasteiger partial charge is 0.0444 e. The van der Waals surface area contributed by atoms with Crippen LogP contribution in [0.2, 0.25) is 0 Å². The highest BCUT2D eigenvalue weighted by atomic mass is 15.2. The average Bonchev–Trinajstić information content (AvgIpc) is 2.59. The van der Waals surface area contributed by atoms with Crippen LogP contribution in [-0.2, 0) is 12.0 Å². The van der Waals surface area contributed by atoms with Gasteiger partial charge in [-0.15, -0.1) is 0 Å². The minimum absolute atomic E-state index is 0.160. The Morgan fingerprint density at radius 2 is 1.79 bits per heavy atom. The monoisotopic (exact) mass is 258 g/mol. The van der Waals surface area contributed by atoms with E-state index in [1.807, 2.05) is 0 Å². The Labute approximate surface area is 117 Å². The number of fused-ring (bicyclic) bond motifs is 1. The molecule has 19 heavy (non-hydrogen) atoms. The molecule has 104 valence electrons. The van der Waals surface area contributed by atoms with Crippen molar-refractivity contribution in [1.29, 1.82) is 0 Å². The van der Waals surface area contributed by atoms with Crippen LogP contribution in [0.4, 0.5) is 0 Å².